The lowest BCUT2D eigenvalue weighted by molar-refractivity contribution is -0.0884. The van der Waals surface area contributed by atoms with Crippen LogP contribution in [0.2, 0.25) is 0 Å². The van der Waals surface area contributed by atoms with Gasteiger partial charge in [0.25, 0.3) is 0 Å². The first-order valence-corrected chi connectivity index (χ1v) is 8.70. The SMILES string of the molecule is CC1(C)CC(S(=O)(=O)NCCC2(O)CCCOC2)CO1. The molecule has 2 N–H and O–H groups in total. The second-order valence-electron chi connectivity index (χ2n) is 6.47. The number of sulfonamides is 1. The molecule has 2 rings (SSSR count). The van der Waals surface area contributed by atoms with Gasteiger partial charge >= 0.3 is 0 Å². The highest BCUT2D eigenvalue weighted by Gasteiger charge is 2.39. The van der Waals surface area contributed by atoms with Crippen LogP contribution in [0.25, 0.3) is 0 Å². The molecule has 2 fully saturated rings. The summed E-state index contributed by atoms with van der Waals surface area (Å²) in [6.45, 7) is 5.21. The number of rotatable bonds is 5. The molecule has 0 aliphatic carbocycles. The normalized spacial score (nSPS) is 34.2. The topological polar surface area (TPSA) is 84.9 Å². The largest absolute Gasteiger partial charge is 0.387 e. The highest BCUT2D eigenvalue weighted by Crippen LogP contribution is 2.28. The Kier molecular flexibility index (Phi) is 4.76. The molecule has 0 aromatic carbocycles. The highest BCUT2D eigenvalue weighted by atomic mass is 32.2. The van der Waals surface area contributed by atoms with E-state index >= 15 is 0 Å². The maximum absolute atomic E-state index is 12.2. The Labute approximate surface area is 120 Å². The Bertz CT molecular complexity index is 428. The van der Waals surface area contributed by atoms with E-state index in [9.17, 15) is 13.5 Å². The number of nitrogens with one attached hydrogen (secondary N) is 1. The second-order valence-corrected chi connectivity index (χ2v) is 8.51. The first-order valence-electron chi connectivity index (χ1n) is 7.15. The predicted octanol–water partition coefficient (Wildman–Crippen LogP) is 0.405. The van der Waals surface area contributed by atoms with E-state index in [1.165, 1.54) is 0 Å². The molecule has 0 saturated carbocycles. The van der Waals surface area contributed by atoms with Gasteiger partial charge in [-0.3, -0.25) is 0 Å². The zero-order valence-corrected chi connectivity index (χ0v) is 13.0. The van der Waals surface area contributed by atoms with E-state index in [-0.39, 0.29) is 25.4 Å². The van der Waals surface area contributed by atoms with E-state index < -0.39 is 20.9 Å². The molecule has 2 aliphatic rings. The quantitative estimate of drug-likeness (QED) is 0.768. The molecule has 0 amide bonds. The van der Waals surface area contributed by atoms with Gasteiger partial charge in [0.1, 0.15) is 5.25 Å². The van der Waals surface area contributed by atoms with Gasteiger partial charge in [-0.05, 0) is 39.5 Å². The summed E-state index contributed by atoms with van der Waals surface area (Å²) in [6, 6.07) is 0. The molecule has 0 spiro atoms. The van der Waals surface area contributed by atoms with Crippen molar-refractivity contribution >= 4 is 10.0 Å². The van der Waals surface area contributed by atoms with Crippen LogP contribution in [0.15, 0.2) is 0 Å². The Morgan fingerprint density at radius 3 is 2.70 bits per heavy atom. The molecular formula is C13H25NO5S. The number of aliphatic hydroxyl groups is 1. The number of hydrogen-bond acceptors (Lipinski definition) is 5. The predicted molar refractivity (Wildman–Crippen MR) is 75.0 cm³/mol. The molecule has 0 aromatic rings. The van der Waals surface area contributed by atoms with Gasteiger partial charge in [0.15, 0.2) is 0 Å². The molecule has 0 radical (unpaired) electrons. The van der Waals surface area contributed by atoms with Gasteiger partial charge in [0.2, 0.25) is 10.0 Å². The number of ether oxygens (including phenoxy) is 2. The summed E-state index contributed by atoms with van der Waals surface area (Å²) in [4.78, 5) is 0. The van der Waals surface area contributed by atoms with Crippen molar-refractivity contribution in [2.45, 2.75) is 56.0 Å². The van der Waals surface area contributed by atoms with Crippen LogP contribution in [0.3, 0.4) is 0 Å². The van der Waals surface area contributed by atoms with E-state index in [4.69, 9.17) is 9.47 Å². The van der Waals surface area contributed by atoms with E-state index in [1.807, 2.05) is 13.8 Å². The van der Waals surface area contributed by atoms with E-state index in [1.54, 1.807) is 0 Å². The fourth-order valence-electron chi connectivity index (χ4n) is 2.76. The van der Waals surface area contributed by atoms with E-state index in [0.29, 0.717) is 25.9 Å². The Balaban J connectivity index is 1.81. The lowest BCUT2D eigenvalue weighted by Crippen LogP contribution is -2.43. The molecule has 2 saturated heterocycles. The summed E-state index contributed by atoms with van der Waals surface area (Å²) in [6.07, 6.45) is 2.35. The maximum atomic E-state index is 12.2. The first-order chi connectivity index (χ1) is 9.23. The van der Waals surface area contributed by atoms with E-state index in [2.05, 4.69) is 4.72 Å². The summed E-state index contributed by atoms with van der Waals surface area (Å²) in [5, 5.41) is 9.73. The van der Waals surface area contributed by atoms with Crippen LogP contribution in [0.5, 0.6) is 0 Å². The van der Waals surface area contributed by atoms with Crippen LogP contribution < -0.4 is 4.72 Å². The molecule has 118 valence electrons. The van der Waals surface area contributed by atoms with Crippen LogP contribution >= 0.6 is 0 Å². The summed E-state index contributed by atoms with van der Waals surface area (Å²) < 4.78 is 37.6. The van der Waals surface area contributed by atoms with Crippen LogP contribution in [0, 0.1) is 0 Å². The summed E-state index contributed by atoms with van der Waals surface area (Å²) in [5.41, 5.74) is -1.28. The third-order valence-corrected chi connectivity index (χ3v) is 5.80. The zero-order valence-electron chi connectivity index (χ0n) is 12.2. The summed E-state index contributed by atoms with van der Waals surface area (Å²) >= 11 is 0. The highest BCUT2D eigenvalue weighted by molar-refractivity contribution is 7.90. The third kappa shape index (κ3) is 4.14. The van der Waals surface area contributed by atoms with Crippen molar-refractivity contribution in [1.29, 1.82) is 0 Å². The van der Waals surface area contributed by atoms with Gasteiger partial charge in [-0.15, -0.1) is 0 Å². The minimum Gasteiger partial charge on any atom is -0.387 e. The van der Waals surface area contributed by atoms with Crippen molar-refractivity contribution in [3.05, 3.63) is 0 Å². The van der Waals surface area contributed by atoms with E-state index in [0.717, 1.165) is 6.42 Å². The van der Waals surface area contributed by atoms with Crippen molar-refractivity contribution in [2.75, 3.05) is 26.4 Å². The van der Waals surface area contributed by atoms with Crippen molar-refractivity contribution < 1.29 is 23.0 Å². The van der Waals surface area contributed by atoms with Crippen molar-refractivity contribution in [3.63, 3.8) is 0 Å². The molecule has 0 aromatic heterocycles. The lowest BCUT2D eigenvalue weighted by Gasteiger charge is -2.32. The van der Waals surface area contributed by atoms with Crippen LogP contribution in [-0.4, -0.2) is 56.3 Å². The second kappa shape index (κ2) is 5.88. The summed E-state index contributed by atoms with van der Waals surface area (Å²) in [7, 11) is -3.39. The minimum atomic E-state index is -3.39. The van der Waals surface area contributed by atoms with Crippen molar-refractivity contribution in [1.82, 2.24) is 4.72 Å². The summed E-state index contributed by atoms with van der Waals surface area (Å²) in [5.74, 6) is 0. The van der Waals surface area contributed by atoms with Gasteiger partial charge in [0, 0.05) is 13.2 Å². The molecule has 6 nitrogen and oxygen atoms in total. The molecule has 2 aliphatic heterocycles. The Morgan fingerprint density at radius 2 is 2.15 bits per heavy atom. The van der Waals surface area contributed by atoms with Gasteiger partial charge < -0.3 is 14.6 Å². The number of hydrogen-bond donors (Lipinski definition) is 2. The molecule has 2 unspecified atom stereocenters. The van der Waals surface area contributed by atoms with Gasteiger partial charge in [-0.25, -0.2) is 13.1 Å². The molecule has 7 heteroatoms. The smallest absolute Gasteiger partial charge is 0.216 e. The van der Waals surface area contributed by atoms with Gasteiger partial charge in [-0.1, -0.05) is 0 Å². The maximum Gasteiger partial charge on any atom is 0.216 e. The van der Waals surface area contributed by atoms with Gasteiger partial charge in [-0.2, -0.15) is 0 Å². The zero-order chi connectivity index (χ0) is 14.9. The van der Waals surface area contributed by atoms with Crippen LogP contribution in [0.1, 0.15) is 39.5 Å². The van der Waals surface area contributed by atoms with Crippen LogP contribution in [-0.2, 0) is 19.5 Å². The Morgan fingerprint density at radius 1 is 1.40 bits per heavy atom. The average Bonchev–Trinajstić information content (AvgIpc) is 2.71. The Hall–Kier alpha value is -0.210. The minimum absolute atomic E-state index is 0.232. The first kappa shape index (κ1) is 16.2. The standard InChI is InChI=1S/C13H25NO5S/c1-12(2)8-11(9-19-12)20(16,17)14-6-5-13(15)4-3-7-18-10-13/h11,14-15H,3-10H2,1-2H3. The molecule has 20 heavy (non-hydrogen) atoms. The monoisotopic (exact) mass is 307 g/mol. The van der Waals surface area contributed by atoms with Crippen LogP contribution in [0.4, 0.5) is 0 Å². The third-order valence-electron chi connectivity index (χ3n) is 4.01. The average molecular weight is 307 g/mol. The molecule has 2 heterocycles. The van der Waals surface area contributed by atoms with Gasteiger partial charge in [0.05, 0.1) is 24.4 Å². The van der Waals surface area contributed by atoms with Crippen molar-refractivity contribution in [2.24, 2.45) is 0 Å². The fraction of sp³-hybridized carbons (Fsp3) is 1.00. The molecule has 0 bridgehead atoms. The fourth-order valence-corrected chi connectivity index (χ4v) is 4.25. The lowest BCUT2D eigenvalue weighted by atomic mass is 9.93. The molecule has 2 atom stereocenters. The van der Waals surface area contributed by atoms with Crippen molar-refractivity contribution in [3.8, 4) is 0 Å². The molecular weight excluding hydrogens is 282 g/mol.